The third-order valence-corrected chi connectivity index (χ3v) is 4.26. The van der Waals surface area contributed by atoms with E-state index < -0.39 is 0 Å². The largest absolute Gasteiger partial charge is 0.454 e. The highest BCUT2D eigenvalue weighted by molar-refractivity contribution is 5.80. The molecule has 6 nitrogen and oxygen atoms in total. The zero-order chi connectivity index (χ0) is 17.0. The van der Waals surface area contributed by atoms with Crippen molar-refractivity contribution in [2.75, 3.05) is 6.79 Å². The Balaban J connectivity index is 1.54. The lowest BCUT2D eigenvalue weighted by atomic mass is 10.1. The van der Waals surface area contributed by atoms with E-state index in [0.717, 1.165) is 28.2 Å². The number of aromatic amines is 2. The predicted molar refractivity (Wildman–Crippen MR) is 89.9 cm³/mol. The summed E-state index contributed by atoms with van der Waals surface area (Å²) in [4.78, 5) is 7.63. The Labute approximate surface area is 141 Å². The van der Waals surface area contributed by atoms with Gasteiger partial charge in [-0.2, -0.15) is 5.10 Å². The van der Waals surface area contributed by atoms with Crippen LogP contribution >= 0.6 is 0 Å². The first-order valence-electron chi connectivity index (χ1n) is 7.79. The summed E-state index contributed by atoms with van der Waals surface area (Å²) in [5.74, 6) is 1.78. The zero-order valence-electron chi connectivity index (χ0n) is 13.3. The van der Waals surface area contributed by atoms with Gasteiger partial charge in [0.15, 0.2) is 17.3 Å². The molecule has 1 aliphatic heterocycles. The molecule has 0 amide bonds. The molecule has 0 aliphatic carbocycles. The lowest BCUT2D eigenvalue weighted by Crippen LogP contribution is -1.92. The maximum atomic E-state index is 13.7. The second-order valence-electron chi connectivity index (χ2n) is 5.94. The summed E-state index contributed by atoms with van der Waals surface area (Å²) in [6, 6.07) is 10.7. The van der Waals surface area contributed by atoms with Crippen LogP contribution in [0.25, 0.3) is 33.8 Å². The van der Waals surface area contributed by atoms with Crippen LogP contribution in [-0.2, 0) is 0 Å². The van der Waals surface area contributed by atoms with Crippen LogP contribution in [0.4, 0.5) is 4.39 Å². The van der Waals surface area contributed by atoms with E-state index in [1.54, 1.807) is 13.0 Å². The van der Waals surface area contributed by atoms with Crippen molar-refractivity contribution in [3.05, 3.63) is 47.8 Å². The molecule has 2 aromatic heterocycles. The third-order valence-electron chi connectivity index (χ3n) is 4.26. The van der Waals surface area contributed by atoms with Gasteiger partial charge in [-0.25, -0.2) is 9.37 Å². The minimum Gasteiger partial charge on any atom is -0.454 e. The molecular weight excluding hydrogens is 323 g/mol. The number of fused-ring (bicyclic) bond motifs is 2. The minimum atomic E-state index is -0.267. The third kappa shape index (κ3) is 2.24. The van der Waals surface area contributed by atoms with E-state index in [4.69, 9.17) is 9.47 Å². The fourth-order valence-electron chi connectivity index (χ4n) is 2.91. The summed E-state index contributed by atoms with van der Waals surface area (Å²) < 4.78 is 24.4. The van der Waals surface area contributed by atoms with Crippen molar-refractivity contribution in [3.8, 4) is 34.3 Å². The van der Waals surface area contributed by atoms with Crippen LogP contribution in [0, 0.1) is 12.7 Å². The maximum Gasteiger partial charge on any atom is 0.231 e. The number of halogens is 1. The Kier molecular flexibility index (Phi) is 2.85. The fraction of sp³-hybridized carbons (Fsp3) is 0.111. The summed E-state index contributed by atoms with van der Waals surface area (Å²) in [5.41, 5.74) is 4.33. The van der Waals surface area contributed by atoms with E-state index in [1.165, 1.54) is 6.07 Å². The van der Waals surface area contributed by atoms with Crippen LogP contribution in [0.15, 0.2) is 36.4 Å². The number of aromatic nitrogens is 4. The van der Waals surface area contributed by atoms with Gasteiger partial charge in [0.1, 0.15) is 11.5 Å². The second-order valence-corrected chi connectivity index (χ2v) is 5.94. The van der Waals surface area contributed by atoms with E-state index in [2.05, 4.69) is 20.2 Å². The monoisotopic (exact) mass is 336 g/mol. The van der Waals surface area contributed by atoms with Gasteiger partial charge in [-0.3, -0.25) is 5.10 Å². The van der Waals surface area contributed by atoms with E-state index in [-0.39, 0.29) is 12.6 Å². The highest BCUT2D eigenvalue weighted by atomic mass is 19.1. The Bertz CT molecular complexity index is 1080. The fourth-order valence-corrected chi connectivity index (χ4v) is 2.91. The van der Waals surface area contributed by atoms with Crippen molar-refractivity contribution in [1.82, 2.24) is 20.2 Å². The van der Waals surface area contributed by atoms with Crippen LogP contribution in [0.2, 0.25) is 0 Å². The van der Waals surface area contributed by atoms with Crippen molar-refractivity contribution in [3.63, 3.8) is 0 Å². The molecule has 2 N–H and O–H groups in total. The van der Waals surface area contributed by atoms with Gasteiger partial charge in [-0.15, -0.1) is 0 Å². The molecule has 0 saturated carbocycles. The Morgan fingerprint density at radius 1 is 1.08 bits per heavy atom. The lowest BCUT2D eigenvalue weighted by molar-refractivity contribution is 0.174. The molecule has 0 spiro atoms. The minimum absolute atomic E-state index is 0.236. The average molecular weight is 336 g/mol. The highest BCUT2D eigenvalue weighted by Gasteiger charge is 2.16. The predicted octanol–water partition coefficient (Wildman–Crippen LogP) is 3.80. The van der Waals surface area contributed by atoms with Crippen LogP contribution in [-0.4, -0.2) is 27.0 Å². The first-order chi connectivity index (χ1) is 12.2. The number of H-pyrrole nitrogens is 2. The number of nitrogens with zero attached hydrogens (tertiary/aromatic N) is 2. The molecule has 0 saturated heterocycles. The first-order valence-corrected chi connectivity index (χ1v) is 7.79. The molecular formula is C18H13FN4O2. The number of imidazole rings is 1. The van der Waals surface area contributed by atoms with Gasteiger partial charge in [0.25, 0.3) is 0 Å². The number of aryl methyl sites for hydroxylation is 1. The number of nitrogens with one attached hydrogen (secondary N) is 2. The van der Waals surface area contributed by atoms with Gasteiger partial charge in [0.2, 0.25) is 6.79 Å². The smallest absolute Gasteiger partial charge is 0.231 e. The summed E-state index contributed by atoms with van der Waals surface area (Å²) in [7, 11) is 0. The quantitative estimate of drug-likeness (QED) is 0.584. The summed E-state index contributed by atoms with van der Waals surface area (Å²) in [5, 5.41) is 7.31. The number of hydrogen-bond acceptors (Lipinski definition) is 4. The van der Waals surface area contributed by atoms with Crippen molar-refractivity contribution >= 4 is 11.0 Å². The summed E-state index contributed by atoms with van der Waals surface area (Å²) in [6.07, 6.45) is 0. The standard InChI is InChI=1S/C18H13FN4O2/c1-9-4-13-14(6-11(9)19)21-18(20-13)15-7-12(22-23-15)10-2-3-16-17(5-10)25-8-24-16/h2-7H,8H2,1H3,(H,20,21)(H,22,23). The molecule has 5 rings (SSSR count). The van der Waals surface area contributed by atoms with Crippen LogP contribution < -0.4 is 9.47 Å². The van der Waals surface area contributed by atoms with Crippen molar-refractivity contribution in [1.29, 1.82) is 0 Å². The van der Waals surface area contributed by atoms with E-state index in [1.807, 2.05) is 24.3 Å². The normalized spacial score (nSPS) is 12.9. The molecule has 1 aliphatic rings. The molecule has 7 heteroatoms. The van der Waals surface area contributed by atoms with Gasteiger partial charge in [-0.05, 0) is 42.8 Å². The van der Waals surface area contributed by atoms with E-state index in [9.17, 15) is 4.39 Å². The van der Waals surface area contributed by atoms with Crippen LogP contribution in [0.5, 0.6) is 11.5 Å². The summed E-state index contributed by atoms with van der Waals surface area (Å²) in [6.45, 7) is 1.96. The van der Waals surface area contributed by atoms with Crippen molar-refractivity contribution in [2.45, 2.75) is 6.92 Å². The summed E-state index contributed by atoms with van der Waals surface area (Å²) >= 11 is 0. The zero-order valence-corrected chi connectivity index (χ0v) is 13.3. The molecule has 2 aromatic carbocycles. The molecule has 0 atom stereocenters. The van der Waals surface area contributed by atoms with Crippen molar-refractivity contribution in [2.24, 2.45) is 0 Å². The number of benzene rings is 2. The van der Waals surface area contributed by atoms with Crippen molar-refractivity contribution < 1.29 is 13.9 Å². The van der Waals surface area contributed by atoms with Gasteiger partial charge in [0, 0.05) is 11.6 Å². The van der Waals surface area contributed by atoms with Gasteiger partial charge in [0.05, 0.1) is 16.7 Å². The molecule has 0 unspecified atom stereocenters. The Morgan fingerprint density at radius 3 is 2.88 bits per heavy atom. The maximum absolute atomic E-state index is 13.7. The second kappa shape index (κ2) is 5.07. The molecule has 25 heavy (non-hydrogen) atoms. The SMILES string of the molecule is Cc1cc2[nH]c(-c3cc(-c4ccc5c(c4)OCO5)n[nH]3)nc2cc1F. The Hall–Kier alpha value is -3.35. The number of ether oxygens (including phenoxy) is 2. The van der Waals surface area contributed by atoms with E-state index in [0.29, 0.717) is 22.7 Å². The Morgan fingerprint density at radius 2 is 1.96 bits per heavy atom. The molecule has 4 aromatic rings. The van der Waals surface area contributed by atoms with Crippen LogP contribution in [0.1, 0.15) is 5.56 Å². The molecule has 0 fully saturated rings. The van der Waals surface area contributed by atoms with E-state index >= 15 is 0 Å². The number of hydrogen-bond donors (Lipinski definition) is 2. The molecule has 0 radical (unpaired) electrons. The highest BCUT2D eigenvalue weighted by Crippen LogP contribution is 2.36. The molecule has 0 bridgehead atoms. The lowest BCUT2D eigenvalue weighted by Gasteiger charge is -1.98. The number of rotatable bonds is 2. The van der Waals surface area contributed by atoms with Gasteiger partial charge in [-0.1, -0.05) is 0 Å². The van der Waals surface area contributed by atoms with Crippen LogP contribution in [0.3, 0.4) is 0 Å². The molecule has 124 valence electrons. The topological polar surface area (TPSA) is 75.8 Å². The van der Waals surface area contributed by atoms with Gasteiger partial charge >= 0.3 is 0 Å². The first kappa shape index (κ1) is 14.0. The average Bonchev–Trinajstić information content (AvgIpc) is 3.33. The molecule has 3 heterocycles. The van der Waals surface area contributed by atoms with Gasteiger partial charge < -0.3 is 14.5 Å².